The number of benzene rings is 2. The first kappa shape index (κ1) is 11.9. The van der Waals surface area contributed by atoms with Gasteiger partial charge in [0, 0.05) is 10.9 Å². The number of hydrogen-bond donors (Lipinski definition) is 0. The van der Waals surface area contributed by atoms with Crippen LogP contribution in [0.25, 0.3) is 16.8 Å². The van der Waals surface area contributed by atoms with Crippen LogP contribution in [-0.4, -0.2) is 8.32 Å². The largest absolute Gasteiger partial charge is 0.544 e. The van der Waals surface area contributed by atoms with Crippen LogP contribution in [0.3, 0.4) is 0 Å². The van der Waals surface area contributed by atoms with Gasteiger partial charge in [-0.25, -0.2) is 0 Å². The highest BCUT2D eigenvalue weighted by Crippen LogP contribution is 2.32. The number of hydrogen-bond acceptors (Lipinski definition) is 1. The molecule has 88 valence electrons. The van der Waals surface area contributed by atoms with E-state index < -0.39 is 8.32 Å². The maximum absolute atomic E-state index is 6.20. The van der Waals surface area contributed by atoms with Crippen LogP contribution in [0.15, 0.2) is 43.0 Å². The van der Waals surface area contributed by atoms with E-state index >= 15 is 0 Å². The zero-order valence-electron chi connectivity index (χ0n) is 10.7. The Bertz CT molecular complexity index is 552. The van der Waals surface area contributed by atoms with Gasteiger partial charge in [0.2, 0.25) is 8.32 Å². The average Bonchev–Trinajstić information content (AvgIpc) is 2.28. The van der Waals surface area contributed by atoms with Crippen LogP contribution in [0.2, 0.25) is 19.6 Å². The minimum atomic E-state index is -1.61. The third-order valence-corrected chi connectivity index (χ3v) is 3.35. The van der Waals surface area contributed by atoms with Crippen molar-refractivity contribution in [2.45, 2.75) is 19.6 Å². The molecule has 1 nitrogen and oxygen atoms in total. The minimum absolute atomic E-state index is 0.984. The smallest absolute Gasteiger partial charge is 0.242 e. The van der Waals surface area contributed by atoms with Crippen LogP contribution in [0, 0.1) is 0 Å². The molecule has 0 aromatic heterocycles. The molecule has 0 fully saturated rings. The van der Waals surface area contributed by atoms with Crippen molar-refractivity contribution in [1.82, 2.24) is 0 Å². The Labute approximate surface area is 104 Å². The number of fused-ring (bicyclic) bond motifs is 1. The maximum Gasteiger partial charge on any atom is 0.242 e. The van der Waals surface area contributed by atoms with E-state index in [2.05, 4.69) is 50.5 Å². The van der Waals surface area contributed by atoms with Gasteiger partial charge in [0.1, 0.15) is 5.75 Å². The highest BCUT2D eigenvalue weighted by atomic mass is 28.4. The fourth-order valence-corrected chi connectivity index (χ4v) is 2.68. The van der Waals surface area contributed by atoms with E-state index in [0.29, 0.717) is 0 Å². The van der Waals surface area contributed by atoms with Gasteiger partial charge in [0.15, 0.2) is 0 Å². The Morgan fingerprint density at radius 2 is 1.76 bits per heavy atom. The van der Waals surface area contributed by atoms with Gasteiger partial charge in [-0.3, -0.25) is 0 Å². The summed E-state index contributed by atoms with van der Waals surface area (Å²) in [5, 5.41) is 2.39. The Balaban J connectivity index is 2.67. The van der Waals surface area contributed by atoms with Crippen molar-refractivity contribution in [2.24, 2.45) is 0 Å². The summed E-state index contributed by atoms with van der Waals surface area (Å²) < 4.78 is 6.20. The molecule has 0 heterocycles. The summed E-state index contributed by atoms with van der Waals surface area (Å²) in [6, 6.07) is 12.5. The molecule has 0 aliphatic rings. The Kier molecular flexibility index (Phi) is 3.07. The first-order chi connectivity index (χ1) is 8.01. The van der Waals surface area contributed by atoms with E-state index in [1.54, 1.807) is 0 Å². The summed E-state index contributed by atoms with van der Waals surface area (Å²) >= 11 is 0. The molecule has 0 saturated heterocycles. The normalized spacial score (nSPS) is 11.5. The first-order valence-corrected chi connectivity index (χ1v) is 9.25. The average molecular weight is 242 g/mol. The minimum Gasteiger partial charge on any atom is -0.544 e. The predicted molar refractivity (Wildman–Crippen MR) is 78.0 cm³/mol. The van der Waals surface area contributed by atoms with Crippen LogP contribution < -0.4 is 4.43 Å². The van der Waals surface area contributed by atoms with Crippen LogP contribution >= 0.6 is 0 Å². The summed E-state index contributed by atoms with van der Waals surface area (Å²) in [7, 11) is -1.61. The molecule has 2 rings (SSSR count). The van der Waals surface area contributed by atoms with Crippen molar-refractivity contribution >= 4 is 25.2 Å². The quantitative estimate of drug-likeness (QED) is 0.709. The molecule has 0 amide bonds. The van der Waals surface area contributed by atoms with Crippen molar-refractivity contribution in [2.75, 3.05) is 0 Å². The monoisotopic (exact) mass is 242 g/mol. The van der Waals surface area contributed by atoms with Crippen molar-refractivity contribution in [3.63, 3.8) is 0 Å². The highest BCUT2D eigenvalue weighted by Gasteiger charge is 2.19. The molecule has 2 aromatic carbocycles. The van der Waals surface area contributed by atoms with Crippen LogP contribution in [0.4, 0.5) is 0 Å². The van der Waals surface area contributed by atoms with Crippen LogP contribution in [0.5, 0.6) is 5.75 Å². The second-order valence-corrected chi connectivity index (χ2v) is 9.55. The second kappa shape index (κ2) is 4.38. The molecule has 0 N–H and O–H groups in total. The summed E-state index contributed by atoms with van der Waals surface area (Å²) in [6.07, 6.45) is 1.86. The zero-order chi connectivity index (χ0) is 12.5. The molecule has 0 bridgehead atoms. The molecule has 0 spiro atoms. The van der Waals surface area contributed by atoms with Gasteiger partial charge in [-0.05, 0) is 25.0 Å². The molecule has 0 atom stereocenters. The van der Waals surface area contributed by atoms with Crippen LogP contribution in [0.1, 0.15) is 5.56 Å². The standard InChI is InChI=1S/C15H18OSi/c1-5-12-10-11-13-8-6-7-9-14(13)15(12)16-17(2,3)4/h5-11H,1H2,2-4H3. The van der Waals surface area contributed by atoms with E-state index in [-0.39, 0.29) is 0 Å². The maximum atomic E-state index is 6.20. The predicted octanol–water partition coefficient (Wildman–Crippen LogP) is 4.70. The van der Waals surface area contributed by atoms with Gasteiger partial charge in [-0.2, -0.15) is 0 Å². The lowest BCUT2D eigenvalue weighted by Gasteiger charge is -2.22. The summed E-state index contributed by atoms with van der Waals surface area (Å²) in [4.78, 5) is 0. The molecular formula is C15H18OSi. The van der Waals surface area contributed by atoms with E-state index in [1.165, 1.54) is 10.8 Å². The fraction of sp³-hybridized carbons (Fsp3) is 0.200. The lowest BCUT2D eigenvalue weighted by molar-refractivity contribution is 0.563. The zero-order valence-corrected chi connectivity index (χ0v) is 11.7. The van der Waals surface area contributed by atoms with E-state index in [9.17, 15) is 0 Å². The molecule has 0 aliphatic carbocycles. The van der Waals surface area contributed by atoms with Gasteiger partial charge < -0.3 is 4.43 Å². The van der Waals surface area contributed by atoms with Gasteiger partial charge in [-0.15, -0.1) is 0 Å². The topological polar surface area (TPSA) is 9.23 Å². The molecule has 0 unspecified atom stereocenters. The third kappa shape index (κ3) is 2.59. The highest BCUT2D eigenvalue weighted by molar-refractivity contribution is 6.70. The molecule has 17 heavy (non-hydrogen) atoms. The first-order valence-electron chi connectivity index (χ1n) is 5.84. The SMILES string of the molecule is C=Cc1ccc2ccccc2c1O[Si](C)(C)C. The van der Waals surface area contributed by atoms with Crippen LogP contribution in [-0.2, 0) is 0 Å². The third-order valence-electron chi connectivity index (χ3n) is 2.54. The van der Waals surface area contributed by atoms with E-state index in [4.69, 9.17) is 4.43 Å². The summed E-state index contributed by atoms with van der Waals surface area (Å²) in [5.74, 6) is 0.984. The van der Waals surface area contributed by atoms with Crippen molar-refractivity contribution in [1.29, 1.82) is 0 Å². The second-order valence-electron chi connectivity index (χ2n) is 5.12. The van der Waals surface area contributed by atoms with Crippen molar-refractivity contribution in [3.05, 3.63) is 48.5 Å². The van der Waals surface area contributed by atoms with Crippen molar-refractivity contribution in [3.8, 4) is 5.75 Å². The van der Waals surface area contributed by atoms with E-state index in [1.807, 2.05) is 18.2 Å². The Morgan fingerprint density at radius 1 is 1.06 bits per heavy atom. The van der Waals surface area contributed by atoms with Gasteiger partial charge in [0.25, 0.3) is 0 Å². The van der Waals surface area contributed by atoms with Gasteiger partial charge in [0.05, 0.1) is 0 Å². The number of rotatable bonds is 3. The molecule has 0 aliphatic heterocycles. The lowest BCUT2D eigenvalue weighted by atomic mass is 10.1. The molecular weight excluding hydrogens is 224 g/mol. The molecule has 2 aromatic rings. The Morgan fingerprint density at radius 3 is 2.41 bits per heavy atom. The van der Waals surface area contributed by atoms with Gasteiger partial charge in [-0.1, -0.05) is 49.1 Å². The lowest BCUT2D eigenvalue weighted by Crippen LogP contribution is -2.29. The Hall–Kier alpha value is -1.54. The van der Waals surface area contributed by atoms with Gasteiger partial charge >= 0.3 is 0 Å². The molecule has 2 heteroatoms. The van der Waals surface area contributed by atoms with Crippen molar-refractivity contribution < 1.29 is 4.43 Å². The van der Waals surface area contributed by atoms with E-state index in [0.717, 1.165) is 11.3 Å². The molecule has 0 radical (unpaired) electrons. The summed E-state index contributed by atoms with van der Waals surface area (Å²) in [6.45, 7) is 10.5. The molecule has 0 saturated carbocycles. The fourth-order valence-electron chi connectivity index (χ4n) is 1.84. The summed E-state index contributed by atoms with van der Waals surface area (Å²) in [5.41, 5.74) is 1.08.